The predicted molar refractivity (Wildman–Crippen MR) is 37.9 cm³/mol. The van der Waals surface area contributed by atoms with Gasteiger partial charge in [0.2, 0.25) is 0 Å². The first-order chi connectivity index (χ1) is 4.93. The van der Waals surface area contributed by atoms with E-state index in [0.717, 1.165) is 25.9 Å². The summed E-state index contributed by atoms with van der Waals surface area (Å²) in [5, 5.41) is 4.21. The van der Waals surface area contributed by atoms with Gasteiger partial charge in [-0.1, -0.05) is 0 Å². The summed E-state index contributed by atoms with van der Waals surface area (Å²) in [6.45, 7) is 2.33. The summed E-state index contributed by atoms with van der Waals surface area (Å²) in [7, 11) is 1.65. The van der Waals surface area contributed by atoms with Crippen LogP contribution in [0.25, 0.3) is 0 Å². The number of piperidine rings is 1. The Balaban J connectivity index is 2.02. The number of nitrogens with zero attached hydrogens (tertiary/aromatic N) is 1. The Morgan fingerprint density at radius 1 is 1.40 bits per heavy atom. The highest BCUT2D eigenvalue weighted by molar-refractivity contribution is 4.66. The highest BCUT2D eigenvalue weighted by Crippen LogP contribution is 2.07. The maximum atomic E-state index is 5.35. The third kappa shape index (κ3) is 2.64. The molecule has 0 unspecified atom stereocenters. The van der Waals surface area contributed by atoms with E-state index in [1.807, 2.05) is 0 Å². The Hall–Kier alpha value is -0.120. The van der Waals surface area contributed by atoms with Gasteiger partial charge < -0.3 is 9.47 Å². The quantitative estimate of drug-likeness (QED) is 0.536. The van der Waals surface area contributed by atoms with Crippen molar-refractivity contribution in [3.8, 4) is 0 Å². The number of ether oxygens (including phenoxy) is 2. The second-order valence-corrected chi connectivity index (χ2v) is 2.44. The maximum absolute atomic E-state index is 5.35. The lowest BCUT2D eigenvalue weighted by atomic mass is 10.1. The third-order valence-corrected chi connectivity index (χ3v) is 1.64. The molecule has 1 fully saturated rings. The highest BCUT2D eigenvalue weighted by Gasteiger charge is 2.12. The molecule has 59 valence electrons. The topological polar surface area (TPSA) is 32.6 Å². The van der Waals surface area contributed by atoms with Gasteiger partial charge >= 0.3 is 0 Å². The minimum absolute atomic E-state index is 0.387. The summed E-state index contributed by atoms with van der Waals surface area (Å²) >= 11 is 0. The van der Waals surface area contributed by atoms with Gasteiger partial charge in [0.15, 0.2) is 0 Å². The first kappa shape index (κ1) is 7.98. The van der Waals surface area contributed by atoms with Crippen LogP contribution in [0.4, 0.5) is 0 Å². The normalized spacial score (nSPS) is 21.3. The molecule has 1 aliphatic rings. The average molecular weight is 144 g/mol. The summed E-state index contributed by atoms with van der Waals surface area (Å²) in [5.41, 5.74) is 0. The van der Waals surface area contributed by atoms with E-state index < -0.39 is 0 Å². The largest absolute Gasteiger partial charge is 0.359 e. The Morgan fingerprint density at radius 2 is 2.10 bits per heavy atom. The van der Waals surface area contributed by atoms with E-state index in [1.54, 1.807) is 7.11 Å². The molecular formula is C7H14NO2. The molecule has 1 saturated heterocycles. The van der Waals surface area contributed by atoms with E-state index in [0.29, 0.717) is 12.9 Å². The van der Waals surface area contributed by atoms with Crippen LogP contribution in [-0.4, -0.2) is 33.1 Å². The summed E-state index contributed by atoms with van der Waals surface area (Å²) < 4.78 is 10.1. The number of hydrogen-bond acceptors (Lipinski definition) is 2. The molecule has 0 aliphatic carbocycles. The van der Waals surface area contributed by atoms with Crippen LogP contribution in [0.15, 0.2) is 0 Å². The van der Waals surface area contributed by atoms with Crippen molar-refractivity contribution in [1.29, 1.82) is 0 Å². The molecule has 0 saturated carbocycles. The molecule has 3 nitrogen and oxygen atoms in total. The average Bonchev–Trinajstić information content (AvgIpc) is 2.03. The number of methoxy groups -OCH3 is 1. The minimum Gasteiger partial charge on any atom is -0.359 e. The Kier molecular flexibility index (Phi) is 3.72. The summed E-state index contributed by atoms with van der Waals surface area (Å²) in [4.78, 5) is 0. The zero-order valence-corrected chi connectivity index (χ0v) is 6.38. The molecule has 1 heterocycles. The van der Waals surface area contributed by atoms with E-state index in [4.69, 9.17) is 9.47 Å². The molecule has 0 N–H and O–H groups in total. The van der Waals surface area contributed by atoms with Crippen molar-refractivity contribution in [1.82, 2.24) is 5.32 Å². The molecule has 3 heteroatoms. The second kappa shape index (κ2) is 4.66. The molecule has 0 aromatic carbocycles. The van der Waals surface area contributed by atoms with Crippen LogP contribution in [0.2, 0.25) is 0 Å². The number of hydrogen-bond donors (Lipinski definition) is 0. The molecule has 1 rings (SSSR count). The predicted octanol–water partition coefficient (Wildman–Crippen LogP) is 0.374. The van der Waals surface area contributed by atoms with Crippen molar-refractivity contribution < 1.29 is 9.47 Å². The van der Waals surface area contributed by atoms with Crippen LogP contribution in [0.3, 0.4) is 0 Å². The minimum atomic E-state index is 0.387. The van der Waals surface area contributed by atoms with E-state index >= 15 is 0 Å². The second-order valence-electron chi connectivity index (χ2n) is 2.44. The summed E-state index contributed by atoms with van der Waals surface area (Å²) in [5.74, 6) is 0. The molecule has 1 aliphatic heterocycles. The molecular weight excluding hydrogens is 130 g/mol. The fraction of sp³-hybridized carbons (Fsp3) is 1.00. The lowest BCUT2D eigenvalue weighted by Gasteiger charge is -2.21. The number of rotatable bonds is 3. The van der Waals surface area contributed by atoms with Crippen LogP contribution >= 0.6 is 0 Å². The van der Waals surface area contributed by atoms with E-state index in [2.05, 4.69) is 5.32 Å². The van der Waals surface area contributed by atoms with Crippen molar-refractivity contribution in [3.05, 3.63) is 0 Å². The van der Waals surface area contributed by atoms with Crippen LogP contribution in [0.5, 0.6) is 0 Å². The zero-order chi connectivity index (χ0) is 7.23. The Bertz CT molecular complexity index is 81.7. The van der Waals surface area contributed by atoms with Gasteiger partial charge in [-0.3, -0.25) is 0 Å². The van der Waals surface area contributed by atoms with Gasteiger partial charge in [0, 0.05) is 20.2 Å². The standard InChI is InChI=1S/C7H14NO2/c1-9-6-10-7-2-4-8-5-3-7/h7H,2-6H2,1H3. The van der Waals surface area contributed by atoms with E-state index in [9.17, 15) is 0 Å². The van der Waals surface area contributed by atoms with Crippen LogP contribution in [0, 0.1) is 0 Å². The van der Waals surface area contributed by atoms with Gasteiger partial charge in [-0.05, 0) is 12.8 Å². The van der Waals surface area contributed by atoms with Gasteiger partial charge in [0.25, 0.3) is 0 Å². The van der Waals surface area contributed by atoms with Crippen molar-refractivity contribution in [2.45, 2.75) is 18.9 Å². The van der Waals surface area contributed by atoms with Crippen LogP contribution < -0.4 is 5.32 Å². The maximum Gasteiger partial charge on any atom is 0.146 e. The molecule has 10 heavy (non-hydrogen) atoms. The fourth-order valence-electron chi connectivity index (χ4n) is 1.06. The van der Waals surface area contributed by atoms with E-state index in [1.165, 1.54) is 0 Å². The van der Waals surface area contributed by atoms with Gasteiger partial charge in [0.1, 0.15) is 6.79 Å². The van der Waals surface area contributed by atoms with Crippen molar-refractivity contribution >= 4 is 0 Å². The first-order valence-corrected chi connectivity index (χ1v) is 3.67. The van der Waals surface area contributed by atoms with Crippen molar-refractivity contribution in [2.75, 3.05) is 27.0 Å². The fourth-order valence-corrected chi connectivity index (χ4v) is 1.06. The third-order valence-electron chi connectivity index (χ3n) is 1.64. The Labute approximate surface area is 61.7 Å². The van der Waals surface area contributed by atoms with Gasteiger partial charge in [-0.25, -0.2) is 5.32 Å². The van der Waals surface area contributed by atoms with Crippen molar-refractivity contribution in [3.63, 3.8) is 0 Å². The zero-order valence-electron chi connectivity index (χ0n) is 6.38. The SMILES string of the molecule is COCOC1CC[N]CC1. The molecule has 0 atom stereocenters. The smallest absolute Gasteiger partial charge is 0.146 e. The highest BCUT2D eigenvalue weighted by atomic mass is 16.7. The molecule has 0 bridgehead atoms. The van der Waals surface area contributed by atoms with Crippen molar-refractivity contribution in [2.24, 2.45) is 0 Å². The molecule has 0 aromatic heterocycles. The molecule has 1 radical (unpaired) electrons. The lowest BCUT2D eigenvalue weighted by Crippen LogP contribution is -2.28. The molecule has 0 spiro atoms. The summed E-state index contributed by atoms with van der Waals surface area (Å²) in [6.07, 6.45) is 2.50. The molecule has 0 amide bonds. The van der Waals surface area contributed by atoms with Gasteiger partial charge in [-0.15, -0.1) is 0 Å². The van der Waals surface area contributed by atoms with Gasteiger partial charge in [0.05, 0.1) is 6.10 Å². The lowest BCUT2D eigenvalue weighted by molar-refractivity contribution is -0.0799. The van der Waals surface area contributed by atoms with E-state index in [-0.39, 0.29) is 0 Å². The van der Waals surface area contributed by atoms with Crippen LogP contribution in [-0.2, 0) is 9.47 Å². The molecule has 0 aromatic rings. The van der Waals surface area contributed by atoms with Crippen LogP contribution in [0.1, 0.15) is 12.8 Å². The monoisotopic (exact) mass is 144 g/mol. The first-order valence-electron chi connectivity index (χ1n) is 3.67. The Morgan fingerprint density at radius 3 is 2.70 bits per heavy atom. The summed E-state index contributed by atoms with van der Waals surface area (Å²) in [6, 6.07) is 0. The van der Waals surface area contributed by atoms with Gasteiger partial charge in [-0.2, -0.15) is 0 Å².